The maximum Gasteiger partial charge on any atom is 0.128 e. The third-order valence-corrected chi connectivity index (χ3v) is 4.33. The summed E-state index contributed by atoms with van der Waals surface area (Å²) in [6.07, 6.45) is 4.84. The Morgan fingerprint density at radius 3 is 2.38 bits per heavy atom. The lowest BCUT2D eigenvalue weighted by Gasteiger charge is -2.35. The van der Waals surface area contributed by atoms with Gasteiger partial charge in [0.25, 0.3) is 0 Å². The summed E-state index contributed by atoms with van der Waals surface area (Å²) in [5, 5.41) is 3.50. The molecule has 116 valence electrons. The molecule has 2 fully saturated rings. The summed E-state index contributed by atoms with van der Waals surface area (Å²) in [4.78, 5) is 9.71. The lowest BCUT2D eigenvalue weighted by molar-refractivity contribution is 0.247. The smallest absolute Gasteiger partial charge is 0.128 e. The number of nitrogens with zero attached hydrogens (tertiary/aromatic N) is 3. The SMILES string of the molecule is CC(C)(C)NCc1ccc(N2CCN(C3CC3)CC2)nc1. The highest BCUT2D eigenvalue weighted by Crippen LogP contribution is 2.28. The van der Waals surface area contributed by atoms with Crippen molar-refractivity contribution in [3.05, 3.63) is 23.9 Å². The molecule has 2 heterocycles. The third-order valence-electron chi connectivity index (χ3n) is 4.33. The second kappa shape index (κ2) is 5.93. The molecule has 1 saturated heterocycles. The summed E-state index contributed by atoms with van der Waals surface area (Å²) in [7, 11) is 0. The Hall–Kier alpha value is -1.13. The Morgan fingerprint density at radius 1 is 1.14 bits per heavy atom. The van der Waals surface area contributed by atoms with Crippen molar-refractivity contribution in [2.45, 2.75) is 51.7 Å². The van der Waals surface area contributed by atoms with E-state index in [9.17, 15) is 0 Å². The van der Waals surface area contributed by atoms with Crippen LogP contribution < -0.4 is 10.2 Å². The van der Waals surface area contributed by atoms with Crippen LogP contribution in [0, 0.1) is 0 Å². The van der Waals surface area contributed by atoms with Gasteiger partial charge >= 0.3 is 0 Å². The van der Waals surface area contributed by atoms with E-state index in [1.165, 1.54) is 31.5 Å². The van der Waals surface area contributed by atoms with Crippen LogP contribution in [0.25, 0.3) is 0 Å². The van der Waals surface area contributed by atoms with Crippen molar-refractivity contribution in [1.29, 1.82) is 0 Å². The maximum absolute atomic E-state index is 4.66. The molecular formula is C17H28N4. The Balaban J connectivity index is 1.52. The average Bonchev–Trinajstić information content (AvgIpc) is 3.30. The summed E-state index contributed by atoms with van der Waals surface area (Å²) in [6.45, 7) is 12.1. The van der Waals surface area contributed by atoms with Gasteiger partial charge in [-0.1, -0.05) is 6.07 Å². The van der Waals surface area contributed by atoms with Gasteiger partial charge in [-0.05, 0) is 45.2 Å². The highest BCUT2D eigenvalue weighted by Gasteiger charge is 2.31. The van der Waals surface area contributed by atoms with Crippen LogP contribution in [-0.4, -0.2) is 47.6 Å². The number of piperazine rings is 1. The molecule has 2 aliphatic rings. The van der Waals surface area contributed by atoms with Crippen LogP contribution in [0.5, 0.6) is 0 Å². The molecule has 1 saturated carbocycles. The van der Waals surface area contributed by atoms with Crippen molar-refractivity contribution in [2.24, 2.45) is 0 Å². The summed E-state index contributed by atoms with van der Waals surface area (Å²) in [6, 6.07) is 5.27. The van der Waals surface area contributed by atoms with Crippen molar-refractivity contribution in [1.82, 2.24) is 15.2 Å². The average molecular weight is 288 g/mol. The van der Waals surface area contributed by atoms with Gasteiger partial charge in [-0.3, -0.25) is 4.90 Å². The van der Waals surface area contributed by atoms with E-state index in [1.807, 2.05) is 6.20 Å². The predicted octanol–water partition coefficient (Wildman–Crippen LogP) is 2.25. The largest absolute Gasteiger partial charge is 0.354 e. The molecule has 1 aliphatic carbocycles. The summed E-state index contributed by atoms with van der Waals surface area (Å²) >= 11 is 0. The molecule has 1 aliphatic heterocycles. The molecule has 0 aromatic carbocycles. The number of nitrogens with one attached hydrogen (secondary N) is 1. The van der Waals surface area contributed by atoms with E-state index in [-0.39, 0.29) is 5.54 Å². The zero-order valence-corrected chi connectivity index (χ0v) is 13.6. The highest BCUT2D eigenvalue weighted by atomic mass is 15.3. The molecule has 0 spiro atoms. The van der Waals surface area contributed by atoms with Gasteiger partial charge < -0.3 is 10.2 Å². The van der Waals surface area contributed by atoms with E-state index in [4.69, 9.17) is 0 Å². The molecule has 1 N–H and O–H groups in total. The second-order valence-corrected chi connectivity index (χ2v) is 7.38. The van der Waals surface area contributed by atoms with Gasteiger partial charge in [-0.25, -0.2) is 4.98 Å². The Bertz CT molecular complexity index is 451. The normalized spacial score (nSPS) is 20.8. The van der Waals surface area contributed by atoms with Gasteiger partial charge in [-0.2, -0.15) is 0 Å². The van der Waals surface area contributed by atoms with Gasteiger partial charge in [0, 0.05) is 50.5 Å². The summed E-state index contributed by atoms with van der Waals surface area (Å²) in [5.41, 5.74) is 1.41. The lowest BCUT2D eigenvalue weighted by Crippen LogP contribution is -2.47. The van der Waals surface area contributed by atoms with Gasteiger partial charge in [0.05, 0.1) is 0 Å². The zero-order chi connectivity index (χ0) is 14.9. The molecule has 21 heavy (non-hydrogen) atoms. The van der Waals surface area contributed by atoms with Crippen LogP contribution in [0.15, 0.2) is 18.3 Å². The highest BCUT2D eigenvalue weighted by molar-refractivity contribution is 5.40. The van der Waals surface area contributed by atoms with Crippen LogP contribution in [-0.2, 0) is 6.54 Å². The minimum Gasteiger partial charge on any atom is -0.354 e. The number of aromatic nitrogens is 1. The van der Waals surface area contributed by atoms with Crippen molar-refractivity contribution >= 4 is 5.82 Å². The first kappa shape index (κ1) is 14.8. The van der Waals surface area contributed by atoms with Crippen LogP contribution in [0.1, 0.15) is 39.2 Å². The standard InChI is InChI=1S/C17H28N4/c1-17(2,3)19-13-14-4-7-16(18-12-14)21-10-8-20(9-11-21)15-5-6-15/h4,7,12,15,19H,5-6,8-11,13H2,1-3H3. The number of rotatable bonds is 4. The van der Waals surface area contributed by atoms with Gasteiger partial charge in [0.2, 0.25) is 0 Å². The quantitative estimate of drug-likeness (QED) is 0.921. The molecule has 0 unspecified atom stereocenters. The van der Waals surface area contributed by atoms with Crippen molar-refractivity contribution < 1.29 is 0 Å². The van der Waals surface area contributed by atoms with Crippen molar-refractivity contribution in [2.75, 3.05) is 31.1 Å². The Labute approximate surface area is 128 Å². The number of anilines is 1. The monoisotopic (exact) mass is 288 g/mol. The van der Waals surface area contributed by atoms with E-state index >= 15 is 0 Å². The molecule has 1 aromatic heterocycles. The fraction of sp³-hybridized carbons (Fsp3) is 0.706. The predicted molar refractivity (Wildman–Crippen MR) is 87.6 cm³/mol. The van der Waals surface area contributed by atoms with E-state index in [2.05, 4.69) is 53.0 Å². The zero-order valence-electron chi connectivity index (χ0n) is 13.6. The summed E-state index contributed by atoms with van der Waals surface area (Å²) < 4.78 is 0. The van der Waals surface area contributed by atoms with Crippen LogP contribution in [0.4, 0.5) is 5.82 Å². The first-order valence-electron chi connectivity index (χ1n) is 8.20. The van der Waals surface area contributed by atoms with E-state index in [0.29, 0.717) is 0 Å². The molecule has 4 nitrogen and oxygen atoms in total. The van der Waals surface area contributed by atoms with E-state index in [0.717, 1.165) is 31.5 Å². The number of hydrogen-bond donors (Lipinski definition) is 1. The Kier molecular flexibility index (Phi) is 4.18. The maximum atomic E-state index is 4.66. The first-order valence-corrected chi connectivity index (χ1v) is 8.20. The molecule has 4 heteroatoms. The number of hydrogen-bond acceptors (Lipinski definition) is 4. The molecule has 3 rings (SSSR count). The first-order chi connectivity index (χ1) is 10.0. The fourth-order valence-electron chi connectivity index (χ4n) is 2.83. The second-order valence-electron chi connectivity index (χ2n) is 7.38. The molecule has 0 atom stereocenters. The topological polar surface area (TPSA) is 31.4 Å². The van der Waals surface area contributed by atoms with Gasteiger partial charge in [0.15, 0.2) is 0 Å². The number of pyridine rings is 1. The van der Waals surface area contributed by atoms with Crippen molar-refractivity contribution in [3.8, 4) is 0 Å². The van der Waals surface area contributed by atoms with Crippen molar-refractivity contribution in [3.63, 3.8) is 0 Å². The fourth-order valence-corrected chi connectivity index (χ4v) is 2.83. The van der Waals surface area contributed by atoms with Crippen LogP contribution >= 0.6 is 0 Å². The lowest BCUT2D eigenvalue weighted by atomic mass is 10.1. The minimum absolute atomic E-state index is 0.151. The Morgan fingerprint density at radius 2 is 1.86 bits per heavy atom. The molecular weight excluding hydrogens is 260 g/mol. The summed E-state index contributed by atoms with van der Waals surface area (Å²) in [5.74, 6) is 1.13. The molecule has 0 amide bonds. The van der Waals surface area contributed by atoms with E-state index < -0.39 is 0 Å². The van der Waals surface area contributed by atoms with Crippen LogP contribution in [0.3, 0.4) is 0 Å². The van der Waals surface area contributed by atoms with E-state index in [1.54, 1.807) is 0 Å². The van der Waals surface area contributed by atoms with Gasteiger partial charge in [-0.15, -0.1) is 0 Å². The van der Waals surface area contributed by atoms with Crippen LogP contribution in [0.2, 0.25) is 0 Å². The minimum atomic E-state index is 0.151. The molecule has 0 bridgehead atoms. The molecule has 1 aromatic rings. The third kappa shape index (κ3) is 4.17. The molecule has 0 radical (unpaired) electrons. The van der Waals surface area contributed by atoms with Gasteiger partial charge in [0.1, 0.15) is 5.82 Å².